The number of benzene rings is 1. The van der Waals surface area contributed by atoms with Crippen molar-refractivity contribution in [1.82, 2.24) is 10.2 Å². The van der Waals surface area contributed by atoms with Crippen LogP contribution in [0.15, 0.2) is 23.2 Å². The zero-order valence-electron chi connectivity index (χ0n) is 17.1. The lowest BCUT2D eigenvalue weighted by molar-refractivity contribution is 0.0376. The Morgan fingerprint density at radius 3 is 2.82 bits per heavy atom. The number of halogens is 1. The van der Waals surface area contributed by atoms with Gasteiger partial charge in [-0.15, -0.1) is 24.0 Å². The third kappa shape index (κ3) is 9.90. The zero-order chi connectivity index (χ0) is 19.3. The van der Waals surface area contributed by atoms with Crippen LogP contribution in [0.1, 0.15) is 24.5 Å². The van der Waals surface area contributed by atoms with Gasteiger partial charge >= 0.3 is 0 Å². The number of morpholine rings is 1. The van der Waals surface area contributed by atoms with Crippen molar-refractivity contribution in [3.63, 3.8) is 0 Å². The average molecular weight is 506 g/mol. The molecular weight excluding hydrogens is 471 g/mol. The van der Waals surface area contributed by atoms with E-state index < -0.39 is 0 Å². The first-order chi connectivity index (χ1) is 13.2. The van der Waals surface area contributed by atoms with Gasteiger partial charge in [0.15, 0.2) is 5.96 Å². The fraction of sp³-hybridized carbons (Fsp3) is 0.650. The molecule has 0 radical (unpaired) electrons. The summed E-state index contributed by atoms with van der Waals surface area (Å²) in [5, 5.41) is 3.19. The number of nitrogens with two attached hydrogens (primary N) is 1. The molecule has 2 rings (SSSR count). The van der Waals surface area contributed by atoms with E-state index in [1.807, 2.05) is 26.0 Å². The minimum absolute atomic E-state index is 0. The summed E-state index contributed by atoms with van der Waals surface area (Å²) in [6.45, 7) is 11.9. The highest BCUT2D eigenvalue weighted by Gasteiger charge is 2.09. The Kier molecular flexibility index (Phi) is 13.2. The Bertz CT molecular complexity index is 581. The van der Waals surface area contributed by atoms with Gasteiger partial charge in [-0.2, -0.15) is 0 Å². The van der Waals surface area contributed by atoms with E-state index in [0.717, 1.165) is 62.7 Å². The van der Waals surface area contributed by atoms with Gasteiger partial charge < -0.3 is 25.3 Å². The maximum atomic E-state index is 6.00. The van der Waals surface area contributed by atoms with Gasteiger partial charge in [0.05, 0.1) is 26.4 Å². The molecule has 8 heteroatoms. The van der Waals surface area contributed by atoms with Crippen molar-refractivity contribution in [1.29, 1.82) is 0 Å². The molecule has 1 saturated heterocycles. The fourth-order valence-electron chi connectivity index (χ4n) is 2.85. The molecule has 1 aromatic carbocycles. The number of nitrogens with one attached hydrogen (secondary N) is 1. The van der Waals surface area contributed by atoms with Crippen LogP contribution >= 0.6 is 24.0 Å². The molecule has 0 atom stereocenters. The zero-order valence-corrected chi connectivity index (χ0v) is 19.4. The molecule has 0 bridgehead atoms. The van der Waals surface area contributed by atoms with Crippen molar-refractivity contribution in [2.45, 2.75) is 26.8 Å². The quantitative estimate of drug-likeness (QED) is 0.207. The van der Waals surface area contributed by atoms with Crippen molar-refractivity contribution < 1.29 is 14.2 Å². The van der Waals surface area contributed by atoms with Crippen molar-refractivity contribution in [3.05, 3.63) is 29.3 Å². The Morgan fingerprint density at radius 2 is 2.07 bits per heavy atom. The first-order valence-electron chi connectivity index (χ1n) is 9.83. The van der Waals surface area contributed by atoms with Crippen LogP contribution in [0.5, 0.6) is 5.75 Å². The summed E-state index contributed by atoms with van der Waals surface area (Å²) in [7, 11) is 0. The van der Waals surface area contributed by atoms with Crippen LogP contribution in [0.2, 0.25) is 0 Å². The van der Waals surface area contributed by atoms with E-state index >= 15 is 0 Å². The summed E-state index contributed by atoms with van der Waals surface area (Å²) >= 11 is 0. The smallest absolute Gasteiger partial charge is 0.188 e. The molecule has 28 heavy (non-hydrogen) atoms. The van der Waals surface area contributed by atoms with Gasteiger partial charge in [-0.3, -0.25) is 4.90 Å². The molecule has 160 valence electrons. The predicted octanol–water partition coefficient (Wildman–Crippen LogP) is 2.15. The summed E-state index contributed by atoms with van der Waals surface area (Å²) in [6, 6.07) is 6.13. The summed E-state index contributed by atoms with van der Waals surface area (Å²) in [6.07, 6.45) is 1.03. The molecule has 0 amide bonds. The van der Waals surface area contributed by atoms with E-state index in [-0.39, 0.29) is 24.0 Å². The lowest BCUT2D eigenvalue weighted by Gasteiger charge is -2.26. The Labute approximate surface area is 186 Å². The third-order valence-electron chi connectivity index (χ3n) is 4.39. The summed E-state index contributed by atoms with van der Waals surface area (Å²) in [4.78, 5) is 6.87. The third-order valence-corrected chi connectivity index (χ3v) is 4.39. The molecule has 7 nitrogen and oxygen atoms in total. The number of aryl methyl sites for hydroxylation is 1. The number of guanidine groups is 1. The molecule has 3 N–H and O–H groups in total. The lowest BCUT2D eigenvalue weighted by Crippen LogP contribution is -2.39. The molecule has 0 unspecified atom stereocenters. The van der Waals surface area contributed by atoms with Gasteiger partial charge in [0.2, 0.25) is 0 Å². The van der Waals surface area contributed by atoms with Crippen LogP contribution in [-0.4, -0.2) is 70.1 Å². The molecule has 0 saturated carbocycles. The van der Waals surface area contributed by atoms with Crippen LogP contribution in [0.25, 0.3) is 0 Å². The summed E-state index contributed by atoms with van der Waals surface area (Å²) in [5.74, 6) is 1.32. The van der Waals surface area contributed by atoms with Crippen LogP contribution in [0.3, 0.4) is 0 Å². The highest BCUT2D eigenvalue weighted by molar-refractivity contribution is 14.0. The topological polar surface area (TPSA) is 81.3 Å². The molecule has 1 fully saturated rings. The average Bonchev–Trinajstić information content (AvgIpc) is 2.69. The highest BCUT2D eigenvalue weighted by atomic mass is 127. The Morgan fingerprint density at radius 1 is 1.29 bits per heavy atom. The van der Waals surface area contributed by atoms with E-state index in [4.69, 9.17) is 19.9 Å². The van der Waals surface area contributed by atoms with Crippen LogP contribution < -0.4 is 15.8 Å². The number of ether oxygens (including phenoxy) is 3. The van der Waals surface area contributed by atoms with Gasteiger partial charge in [0, 0.05) is 31.8 Å². The number of rotatable bonds is 11. The Hall–Kier alpha value is -1.10. The molecular formula is C20H35IN4O3. The number of hydrogen-bond acceptors (Lipinski definition) is 5. The maximum Gasteiger partial charge on any atom is 0.188 e. The molecule has 0 aromatic heterocycles. The maximum absolute atomic E-state index is 6.00. The van der Waals surface area contributed by atoms with Gasteiger partial charge in [-0.1, -0.05) is 12.1 Å². The van der Waals surface area contributed by atoms with Crippen molar-refractivity contribution >= 4 is 29.9 Å². The highest BCUT2D eigenvalue weighted by Crippen LogP contribution is 2.21. The lowest BCUT2D eigenvalue weighted by atomic mass is 10.1. The Balaban J connectivity index is 0.00000392. The molecule has 1 aliphatic heterocycles. The molecule has 1 aliphatic rings. The van der Waals surface area contributed by atoms with Crippen molar-refractivity contribution in [2.24, 2.45) is 10.7 Å². The predicted molar refractivity (Wildman–Crippen MR) is 124 cm³/mol. The second-order valence-electron chi connectivity index (χ2n) is 6.59. The standard InChI is InChI=1S/C20H34N4O3.HI/c1-3-25-13-14-27-19-15-17(2)5-6-18(19)16-23-20(21)22-7-4-8-24-9-11-26-12-10-24;/h5-6,15H,3-4,7-14,16H2,1-2H3,(H3,21,22,23);1H. The second-order valence-corrected chi connectivity index (χ2v) is 6.59. The SMILES string of the molecule is CCOCCOc1cc(C)ccc1CN=C(N)NCCCN1CCOCC1.I. The molecule has 1 aromatic rings. The molecule has 0 spiro atoms. The van der Waals surface area contributed by atoms with Crippen molar-refractivity contribution in [2.75, 3.05) is 59.2 Å². The fourth-order valence-corrected chi connectivity index (χ4v) is 2.85. The minimum Gasteiger partial charge on any atom is -0.491 e. The monoisotopic (exact) mass is 506 g/mol. The van der Waals surface area contributed by atoms with Gasteiger partial charge in [-0.05, 0) is 38.4 Å². The van der Waals surface area contributed by atoms with Crippen LogP contribution in [-0.2, 0) is 16.0 Å². The van der Waals surface area contributed by atoms with Crippen molar-refractivity contribution in [3.8, 4) is 5.75 Å². The van der Waals surface area contributed by atoms with Crippen LogP contribution in [0, 0.1) is 6.92 Å². The summed E-state index contributed by atoms with van der Waals surface area (Å²) < 4.78 is 16.5. The number of aliphatic imine (C=N–C) groups is 1. The van der Waals surface area contributed by atoms with E-state index in [9.17, 15) is 0 Å². The van der Waals surface area contributed by atoms with E-state index in [0.29, 0.717) is 32.3 Å². The van der Waals surface area contributed by atoms with E-state index in [2.05, 4.69) is 21.3 Å². The largest absolute Gasteiger partial charge is 0.491 e. The van der Waals surface area contributed by atoms with E-state index in [1.54, 1.807) is 0 Å². The summed E-state index contributed by atoms with van der Waals surface area (Å²) in [5.41, 5.74) is 8.18. The van der Waals surface area contributed by atoms with Gasteiger partial charge in [0.25, 0.3) is 0 Å². The normalized spacial score (nSPS) is 15.1. The van der Waals surface area contributed by atoms with E-state index in [1.165, 1.54) is 0 Å². The van der Waals surface area contributed by atoms with Crippen LogP contribution in [0.4, 0.5) is 0 Å². The second kappa shape index (κ2) is 14.8. The first-order valence-corrected chi connectivity index (χ1v) is 9.83. The number of hydrogen-bond donors (Lipinski definition) is 2. The molecule has 0 aliphatic carbocycles. The first kappa shape index (κ1) is 24.9. The molecule has 1 heterocycles. The minimum atomic E-state index is 0. The van der Waals surface area contributed by atoms with Gasteiger partial charge in [-0.25, -0.2) is 4.99 Å². The number of nitrogens with zero attached hydrogens (tertiary/aromatic N) is 2. The van der Waals surface area contributed by atoms with Gasteiger partial charge in [0.1, 0.15) is 12.4 Å².